The highest BCUT2D eigenvalue weighted by Gasteiger charge is 2.44. The van der Waals surface area contributed by atoms with E-state index in [0.717, 1.165) is 38.8 Å². The summed E-state index contributed by atoms with van der Waals surface area (Å²) in [6.45, 7) is 7.41. The van der Waals surface area contributed by atoms with E-state index in [4.69, 9.17) is 0 Å². The van der Waals surface area contributed by atoms with Crippen molar-refractivity contribution >= 4 is 22.4 Å². The molecule has 0 aromatic heterocycles. The molecular weight excluding hydrogens is 380 g/mol. The lowest BCUT2D eigenvalue weighted by Gasteiger charge is -2.51. The summed E-state index contributed by atoms with van der Waals surface area (Å²) in [7, 11) is -3.12. The molecule has 152 valence electrons. The largest absolute Gasteiger partial charge is 0.296 e. The van der Waals surface area contributed by atoms with Gasteiger partial charge < -0.3 is 0 Å². The number of sulfonamides is 1. The first-order chi connectivity index (χ1) is 12.3. The number of hydrogen-bond donors (Lipinski definition) is 0. The van der Waals surface area contributed by atoms with Crippen molar-refractivity contribution in [2.75, 3.05) is 25.9 Å². The summed E-state index contributed by atoms with van der Waals surface area (Å²) in [6, 6.07) is 7.60. The van der Waals surface area contributed by atoms with E-state index in [-0.39, 0.29) is 18.4 Å². The van der Waals surface area contributed by atoms with Crippen LogP contribution in [0.15, 0.2) is 18.2 Å². The minimum atomic E-state index is -3.12. The van der Waals surface area contributed by atoms with Gasteiger partial charge in [0.2, 0.25) is 10.0 Å². The molecule has 27 heavy (non-hydrogen) atoms. The number of hydrogen-bond acceptors (Lipinski definition) is 3. The summed E-state index contributed by atoms with van der Waals surface area (Å²) < 4.78 is 26.4. The number of benzene rings is 1. The highest BCUT2D eigenvalue weighted by molar-refractivity contribution is 7.88. The average Bonchev–Trinajstić information content (AvgIpc) is 2.57. The Morgan fingerprint density at radius 3 is 2.70 bits per heavy atom. The van der Waals surface area contributed by atoms with Gasteiger partial charge in [0.25, 0.3) is 0 Å². The van der Waals surface area contributed by atoms with Crippen molar-refractivity contribution < 1.29 is 8.42 Å². The SMILES string of the molecule is CC(C)Cc1ccc2c(c1)CCN1C[C@H]3CCCN(S(C)(=O)=O)[C@H]3C[C@H]21.Cl. The molecule has 0 saturated carbocycles. The summed E-state index contributed by atoms with van der Waals surface area (Å²) in [5, 5.41) is 0. The molecule has 3 aliphatic heterocycles. The maximum atomic E-state index is 12.3. The molecule has 3 atom stereocenters. The molecule has 4 nitrogen and oxygen atoms in total. The van der Waals surface area contributed by atoms with Crippen molar-refractivity contribution in [2.24, 2.45) is 11.8 Å². The molecule has 0 aliphatic carbocycles. The van der Waals surface area contributed by atoms with Gasteiger partial charge in [-0.15, -0.1) is 12.4 Å². The first kappa shape index (κ1) is 21.1. The van der Waals surface area contributed by atoms with Gasteiger partial charge in [-0.25, -0.2) is 8.42 Å². The maximum absolute atomic E-state index is 12.3. The van der Waals surface area contributed by atoms with Gasteiger partial charge in [-0.3, -0.25) is 4.90 Å². The van der Waals surface area contributed by atoms with Gasteiger partial charge in [-0.05, 0) is 60.6 Å². The molecule has 0 N–H and O–H groups in total. The van der Waals surface area contributed by atoms with Gasteiger partial charge in [0, 0.05) is 31.7 Å². The quantitative estimate of drug-likeness (QED) is 0.760. The highest BCUT2D eigenvalue weighted by atomic mass is 35.5. The number of fused-ring (bicyclic) bond motifs is 4. The molecule has 0 radical (unpaired) electrons. The molecule has 2 saturated heterocycles. The third-order valence-electron chi connectivity index (χ3n) is 6.55. The van der Waals surface area contributed by atoms with Crippen LogP contribution in [0.2, 0.25) is 0 Å². The van der Waals surface area contributed by atoms with Gasteiger partial charge in [-0.2, -0.15) is 4.31 Å². The minimum Gasteiger partial charge on any atom is -0.296 e. The Labute approximate surface area is 170 Å². The first-order valence-corrected chi connectivity index (χ1v) is 12.0. The maximum Gasteiger partial charge on any atom is 0.211 e. The summed E-state index contributed by atoms with van der Waals surface area (Å²) in [6.07, 6.45) is 6.77. The summed E-state index contributed by atoms with van der Waals surface area (Å²) in [5.74, 6) is 1.17. The predicted molar refractivity (Wildman–Crippen MR) is 113 cm³/mol. The second kappa shape index (κ2) is 8.02. The van der Waals surface area contributed by atoms with Crippen LogP contribution >= 0.6 is 12.4 Å². The van der Waals surface area contributed by atoms with E-state index in [1.165, 1.54) is 29.4 Å². The fourth-order valence-corrected chi connectivity index (χ4v) is 6.69. The van der Waals surface area contributed by atoms with Gasteiger partial charge in [-0.1, -0.05) is 32.0 Å². The predicted octanol–water partition coefficient (Wildman–Crippen LogP) is 3.65. The van der Waals surface area contributed by atoms with Crippen molar-refractivity contribution in [3.8, 4) is 0 Å². The van der Waals surface area contributed by atoms with Crippen LogP contribution in [0.1, 0.15) is 55.8 Å². The minimum absolute atomic E-state index is 0. The topological polar surface area (TPSA) is 40.6 Å². The van der Waals surface area contributed by atoms with Crippen LogP contribution in [0.25, 0.3) is 0 Å². The van der Waals surface area contributed by atoms with Crippen molar-refractivity contribution in [1.29, 1.82) is 0 Å². The van der Waals surface area contributed by atoms with E-state index in [0.29, 0.717) is 24.4 Å². The smallest absolute Gasteiger partial charge is 0.211 e. The van der Waals surface area contributed by atoms with Gasteiger partial charge in [0.15, 0.2) is 0 Å². The number of nitrogens with zero attached hydrogens (tertiary/aromatic N) is 2. The fourth-order valence-electron chi connectivity index (χ4n) is 5.48. The molecule has 0 unspecified atom stereocenters. The van der Waals surface area contributed by atoms with Crippen molar-refractivity contribution in [1.82, 2.24) is 9.21 Å². The van der Waals surface area contributed by atoms with Crippen LogP contribution < -0.4 is 0 Å². The number of halogens is 1. The molecule has 0 bridgehead atoms. The normalized spacial score (nSPS) is 28.8. The zero-order valence-electron chi connectivity index (χ0n) is 16.7. The second-order valence-electron chi connectivity index (χ2n) is 8.97. The van der Waals surface area contributed by atoms with E-state index in [9.17, 15) is 8.42 Å². The third kappa shape index (κ3) is 4.21. The Bertz CT molecular complexity index is 780. The van der Waals surface area contributed by atoms with E-state index in [1.54, 1.807) is 4.31 Å². The molecule has 4 rings (SSSR count). The summed E-state index contributed by atoms with van der Waals surface area (Å²) >= 11 is 0. The van der Waals surface area contributed by atoms with Crippen LogP contribution in [0.3, 0.4) is 0 Å². The van der Waals surface area contributed by atoms with Gasteiger partial charge >= 0.3 is 0 Å². The Kier molecular flexibility index (Phi) is 6.26. The van der Waals surface area contributed by atoms with Crippen molar-refractivity contribution in [3.05, 3.63) is 34.9 Å². The first-order valence-electron chi connectivity index (χ1n) is 10.2. The molecular formula is C21H33ClN2O2S. The molecule has 0 spiro atoms. The Balaban J connectivity index is 0.00000210. The molecule has 3 heterocycles. The van der Waals surface area contributed by atoms with Crippen molar-refractivity contribution in [2.45, 2.75) is 58.0 Å². The molecule has 2 fully saturated rings. The number of rotatable bonds is 3. The standard InChI is InChI=1S/C21H32N2O2S.ClH/c1-15(2)11-16-6-7-19-17(12-16)8-10-22-14-18-5-4-9-23(26(3,24)25)20(18)13-21(19)22;/h6-7,12,15,18,20-21H,4-5,8-11,13-14H2,1-3H3;1H/t18-,20+,21-;/m1./s1. The summed E-state index contributed by atoms with van der Waals surface area (Å²) in [4.78, 5) is 2.62. The van der Waals surface area contributed by atoms with E-state index < -0.39 is 10.0 Å². The molecule has 3 aliphatic rings. The van der Waals surface area contributed by atoms with Crippen LogP contribution in [-0.2, 0) is 22.9 Å². The third-order valence-corrected chi connectivity index (χ3v) is 7.85. The second-order valence-corrected chi connectivity index (χ2v) is 10.9. The van der Waals surface area contributed by atoms with E-state index in [1.807, 2.05) is 0 Å². The number of piperidine rings is 2. The molecule has 6 heteroatoms. The van der Waals surface area contributed by atoms with E-state index >= 15 is 0 Å². The molecule has 0 amide bonds. The molecule has 1 aromatic rings. The van der Waals surface area contributed by atoms with Crippen LogP contribution in [0.4, 0.5) is 0 Å². The van der Waals surface area contributed by atoms with Crippen LogP contribution in [-0.4, -0.2) is 49.6 Å². The molecule has 1 aromatic carbocycles. The summed E-state index contributed by atoms with van der Waals surface area (Å²) in [5.41, 5.74) is 4.38. The Morgan fingerprint density at radius 1 is 1.22 bits per heavy atom. The van der Waals surface area contributed by atoms with Gasteiger partial charge in [0.1, 0.15) is 0 Å². The lowest BCUT2D eigenvalue weighted by molar-refractivity contribution is 0.0222. The fraction of sp³-hybridized carbons (Fsp3) is 0.714. The highest BCUT2D eigenvalue weighted by Crippen LogP contribution is 2.43. The monoisotopic (exact) mass is 412 g/mol. The lowest BCUT2D eigenvalue weighted by Crippen LogP contribution is -2.57. The van der Waals surface area contributed by atoms with Crippen molar-refractivity contribution in [3.63, 3.8) is 0 Å². The average molecular weight is 413 g/mol. The van der Waals surface area contributed by atoms with Crippen LogP contribution in [0.5, 0.6) is 0 Å². The van der Waals surface area contributed by atoms with E-state index in [2.05, 4.69) is 36.9 Å². The zero-order valence-corrected chi connectivity index (χ0v) is 18.4. The lowest BCUT2D eigenvalue weighted by atomic mass is 9.77. The zero-order chi connectivity index (χ0) is 18.5. The Morgan fingerprint density at radius 2 is 2.00 bits per heavy atom. The Hall–Kier alpha value is -0.620. The van der Waals surface area contributed by atoms with Crippen LogP contribution in [0, 0.1) is 11.8 Å². The van der Waals surface area contributed by atoms with Gasteiger partial charge in [0.05, 0.1) is 6.26 Å².